The Morgan fingerprint density at radius 1 is 1.47 bits per heavy atom. The number of hydrogen-bond acceptors (Lipinski definition) is 4. The Morgan fingerprint density at radius 3 is 2.95 bits per heavy atom. The maximum absolute atomic E-state index is 11.5. The van der Waals surface area contributed by atoms with Crippen LogP contribution in [0.5, 0.6) is 0 Å². The monoisotopic (exact) mass is 323 g/mol. The largest absolute Gasteiger partial charge is 0.349 e. The highest BCUT2D eigenvalue weighted by Crippen LogP contribution is 2.15. The number of halogens is 1. The zero-order chi connectivity index (χ0) is 13.8. The molecule has 1 amide bonds. The molecule has 6 nitrogen and oxygen atoms in total. The molecule has 0 unspecified atom stereocenters. The van der Waals surface area contributed by atoms with Gasteiger partial charge < -0.3 is 5.32 Å². The third kappa shape index (κ3) is 3.37. The van der Waals surface area contributed by atoms with E-state index in [-0.39, 0.29) is 11.8 Å². The zero-order valence-corrected chi connectivity index (χ0v) is 12.3. The molecule has 1 heterocycles. The molecule has 19 heavy (non-hydrogen) atoms. The summed E-state index contributed by atoms with van der Waals surface area (Å²) in [7, 11) is 0. The topological polar surface area (TPSA) is 72.7 Å². The molecule has 2 aromatic rings. The number of aromatic nitrogens is 4. The number of tetrazole rings is 1. The molecule has 2 rings (SSSR count). The summed E-state index contributed by atoms with van der Waals surface area (Å²) in [5.74, 6) is 0.506. The number of carbonyl (C=O) groups is 1. The molecule has 0 aliphatic heterocycles. The Bertz CT molecular complexity index is 581. The van der Waals surface area contributed by atoms with Crippen molar-refractivity contribution in [2.45, 2.75) is 20.4 Å². The van der Waals surface area contributed by atoms with Crippen LogP contribution in [-0.2, 0) is 11.3 Å². The van der Waals surface area contributed by atoms with Crippen molar-refractivity contribution in [1.29, 1.82) is 0 Å². The van der Waals surface area contributed by atoms with Crippen molar-refractivity contribution in [3.8, 4) is 5.69 Å². The quantitative estimate of drug-likeness (QED) is 0.929. The van der Waals surface area contributed by atoms with Gasteiger partial charge in [-0.05, 0) is 28.6 Å². The second-order valence-corrected chi connectivity index (χ2v) is 5.27. The maximum Gasteiger partial charge on any atom is 0.222 e. The summed E-state index contributed by atoms with van der Waals surface area (Å²) in [6, 6.07) is 7.63. The fraction of sp³-hybridized carbons (Fsp3) is 0.333. The molecule has 0 saturated heterocycles. The summed E-state index contributed by atoms with van der Waals surface area (Å²) < 4.78 is 2.54. The first-order valence-electron chi connectivity index (χ1n) is 5.89. The molecule has 100 valence electrons. The lowest BCUT2D eigenvalue weighted by atomic mass is 10.2. The van der Waals surface area contributed by atoms with E-state index in [1.165, 1.54) is 0 Å². The van der Waals surface area contributed by atoms with Crippen LogP contribution in [0.3, 0.4) is 0 Å². The van der Waals surface area contributed by atoms with Crippen molar-refractivity contribution in [3.05, 3.63) is 34.6 Å². The lowest BCUT2D eigenvalue weighted by Gasteiger charge is -2.08. The Hall–Kier alpha value is -1.76. The summed E-state index contributed by atoms with van der Waals surface area (Å²) in [4.78, 5) is 11.5. The number of benzene rings is 1. The maximum atomic E-state index is 11.5. The number of hydrogen-bond donors (Lipinski definition) is 1. The standard InChI is InChI=1S/C12H14BrN5O/c1-8(2)12(19)14-7-11-15-16-17-18(11)10-5-3-4-9(13)6-10/h3-6,8H,7H2,1-2H3,(H,14,19). The van der Waals surface area contributed by atoms with Gasteiger partial charge in [0.1, 0.15) is 0 Å². The van der Waals surface area contributed by atoms with Crippen LogP contribution in [-0.4, -0.2) is 26.1 Å². The molecule has 0 atom stereocenters. The second kappa shape index (κ2) is 5.92. The molecule has 0 spiro atoms. The molecule has 1 aromatic carbocycles. The van der Waals surface area contributed by atoms with Crippen LogP contribution < -0.4 is 5.32 Å². The van der Waals surface area contributed by atoms with E-state index in [4.69, 9.17) is 0 Å². The first kappa shape index (κ1) is 13.7. The van der Waals surface area contributed by atoms with Gasteiger partial charge in [-0.2, -0.15) is 4.68 Å². The van der Waals surface area contributed by atoms with Crippen molar-refractivity contribution in [2.75, 3.05) is 0 Å². The van der Waals surface area contributed by atoms with Gasteiger partial charge in [0.25, 0.3) is 0 Å². The minimum Gasteiger partial charge on any atom is -0.349 e. The fourth-order valence-electron chi connectivity index (χ4n) is 1.49. The number of amides is 1. The van der Waals surface area contributed by atoms with Crippen LogP contribution in [0.4, 0.5) is 0 Å². The molecule has 0 radical (unpaired) electrons. The van der Waals surface area contributed by atoms with Crippen LogP contribution in [0.25, 0.3) is 5.69 Å². The zero-order valence-electron chi connectivity index (χ0n) is 10.7. The van der Waals surface area contributed by atoms with Crippen LogP contribution in [0.2, 0.25) is 0 Å². The van der Waals surface area contributed by atoms with Gasteiger partial charge in [-0.15, -0.1) is 5.10 Å². The normalized spacial score (nSPS) is 10.7. The SMILES string of the molecule is CC(C)C(=O)NCc1nnnn1-c1cccc(Br)c1. The molecule has 0 aliphatic carbocycles. The van der Waals surface area contributed by atoms with Crippen LogP contribution in [0.1, 0.15) is 19.7 Å². The highest BCUT2D eigenvalue weighted by Gasteiger charge is 2.11. The van der Waals surface area contributed by atoms with Crippen LogP contribution in [0.15, 0.2) is 28.7 Å². The van der Waals surface area contributed by atoms with Gasteiger partial charge in [0.15, 0.2) is 5.82 Å². The molecule has 7 heteroatoms. The fourth-order valence-corrected chi connectivity index (χ4v) is 1.88. The smallest absolute Gasteiger partial charge is 0.222 e. The summed E-state index contributed by atoms with van der Waals surface area (Å²) in [5.41, 5.74) is 0.841. The van der Waals surface area contributed by atoms with E-state index in [1.54, 1.807) is 4.68 Å². The molecule has 0 fully saturated rings. The summed E-state index contributed by atoms with van der Waals surface area (Å²) in [6.07, 6.45) is 0. The highest BCUT2D eigenvalue weighted by molar-refractivity contribution is 9.10. The summed E-state index contributed by atoms with van der Waals surface area (Å²) in [5, 5.41) is 14.3. The van der Waals surface area contributed by atoms with Gasteiger partial charge in [-0.3, -0.25) is 4.79 Å². The first-order chi connectivity index (χ1) is 9.08. The van der Waals surface area contributed by atoms with Crippen LogP contribution >= 0.6 is 15.9 Å². The van der Waals surface area contributed by atoms with Crippen molar-refractivity contribution in [1.82, 2.24) is 25.5 Å². The molecular formula is C12H14BrN5O. The van der Waals surface area contributed by atoms with E-state index < -0.39 is 0 Å². The Balaban J connectivity index is 2.16. The average molecular weight is 324 g/mol. The van der Waals surface area contributed by atoms with E-state index in [0.717, 1.165) is 10.2 Å². The lowest BCUT2D eigenvalue weighted by Crippen LogP contribution is -2.28. The summed E-state index contributed by atoms with van der Waals surface area (Å²) in [6.45, 7) is 3.98. The lowest BCUT2D eigenvalue weighted by molar-refractivity contribution is -0.124. The third-order valence-corrected chi connectivity index (χ3v) is 3.03. The number of rotatable bonds is 4. The van der Waals surface area contributed by atoms with Crippen molar-refractivity contribution in [3.63, 3.8) is 0 Å². The first-order valence-corrected chi connectivity index (χ1v) is 6.68. The van der Waals surface area contributed by atoms with E-state index in [0.29, 0.717) is 12.4 Å². The predicted molar refractivity (Wildman–Crippen MR) is 73.5 cm³/mol. The van der Waals surface area contributed by atoms with Gasteiger partial charge in [0.05, 0.1) is 12.2 Å². The van der Waals surface area contributed by atoms with E-state index in [9.17, 15) is 4.79 Å². The van der Waals surface area contributed by atoms with E-state index in [2.05, 4.69) is 36.8 Å². The van der Waals surface area contributed by atoms with Gasteiger partial charge in [-0.25, -0.2) is 0 Å². The Kier molecular flexibility index (Phi) is 4.26. The number of nitrogens with zero attached hydrogens (tertiary/aromatic N) is 4. The average Bonchev–Trinajstić information content (AvgIpc) is 2.84. The van der Waals surface area contributed by atoms with Gasteiger partial charge in [0, 0.05) is 10.4 Å². The molecule has 1 aromatic heterocycles. The summed E-state index contributed by atoms with van der Waals surface area (Å²) >= 11 is 3.40. The molecule has 1 N–H and O–H groups in total. The molecular weight excluding hydrogens is 310 g/mol. The van der Waals surface area contributed by atoms with E-state index in [1.807, 2.05) is 38.1 Å². The Morgan fingerprint density at radius 2 is 2.26 bits per heavy atom. The van der Waals surface area contributed by atoms with Gasteiger partial charge in [0.2, 0.25) is 5.91 Å². The van der Waals surface area contributed by atoms with Gasteiger partial charge in [-0.1, -0.05) is 35.8 Å². The number of carbonyl (C=O) groups excluding carboxylic acids is 1. The molecule has 0 aliphatic rings. The third-order valence-electron chi connectivity index (χ3n) is 2.53. The van der Waals surface area contributed by atoms with Crippen molar-refractivity contribution in [2.24, 2.45) is 5.92 Å². The van der Waals surface area contributed by atoms with Crippen molar-refractivity contribution >= 4 is 21.8 Å². The highest BCUT2D eigenvalue weighted by atomic mass is 79.9. The van der Waals surface area contributed by atoms with E-state index >= 15 is 0 Å². The minimum absolute atomic E-state index is 0.0243. The van der Waals surface area contributed by atoms with Crippen molar-refractivity contribution < 1.29 is 4.79 Å². The number of nitrogens with one attached hydrogen (secondary N) is 1. The second-order valence-electron chi connectivity index (χ2n) is 4.36. The molecule has 0 bridgehead atoms. The van der Waals surface area contributed by atoms with Gasteiger partial charge >= 0.3 is 0 Å². The van der Waals surface area contributed by atoms with Crippen LogP contribution in [0, 0.1) is 5.92 Å². The molecule has 0 saturated carbocycles. The predicted octanol–water partition coefficient (Wildman–Crippen LogP) is 1.70. The minimum atomic E-state index is -0.0600. The Labute approximate surface area is 119 Å².